The lowest BCUT2D eigenvalue weighted by Crippen LogP contribution is -2.34. The minimum atomic E-state index is 0.00296. The standard InChI is InChI=1S/C25H29N2/c1-5-6-17-27-23-14-10-8-12-21(23)25(2,3)24(27)18-20-16-15-19-11-7-9-13-22(19)26(20)4/h7-16,18H,5-6,17H2,1-4H3/q+1. The second-order valence-electron chi connectivity index (χ2n) is 8.05. The predicted molar refractivity (Wildman–Crippen MR) is 115 cm³/mol. The summed E-state index contributed by atoms with van der Waals surface area (Å²) < 4.78 is 2.30. The number of para-hydroxylation sites is 2. The predicted octanol–water partition coefficient (Wildman–Crippen LogP) is 5.60. The molecule has 2 heteroatoms. The first-order valence-corrected chi connectivity index (χ1v) is 10.0. The Morgan fingerprint density at radius 1 is 0.963 bits per heavy atom. The van der Waals surface area contributed by atoms with Gasteiger partial charge in [-0.2, -0.15) is 4.57 Å². The third-order valence-corrected chi connectivity index (χ3v) is 5.94. The molecule has 0 radical (unpaired) electrons. The molecule has 2 aromatic carbocycles. The van der Waals surface area contributed by atoms with E-state index in [1.54, 1.807) is 0 Å². The number of nitrogens with zero attached hydrogens (tertiary/aromatic N) is 2. The van der Waals surface area contributed by atoms with Gasteiger partial charge in [0.15, 0.2) is 0 Å². The van der Waals surface area contributed by atoms with Gasteiger partial charge in [-0.05, 0) is 30.2 Å². The summed E-state index contributed by atoms with van der Waals surface area (Å²) in [5.74, 6) is 0. The highest BCUT2D eigenvalue weighted by Gasteiger charge is 2.40. The van der Waals surface area contributed by atoms with Crippen molar-refractivity contribution in [3.8, 4) is 0 Å². The van der Waals surface area contributed by atoms with Crippen molar-refractivity contribution in [2.75, 3.05) is 11.4 Å². The number of hydrogen-bond donors (Lipinski definition) is 0. The van der Waals surface area contributed by atoms with Crippen molar-refractivity contribution in [2.24, 2.45) is 7.05 Å². The van der Waals surface area contributed by atoms with Crippen molar-refractivity contribution < 1.29 is 4.57 Å². The van der Waals surface area contributed by atoms with Gasteiger partial charge < -0.3 is 4.90 Å². The summed E-state index contributed by atoms with van der Waals surface area (Å²) in [6.45, 7) is 8.04. The maximum absolute atomic E-state index is 2.54. The van der Waals surface area contributed by atoms with Crippen LogP contribution in [0.2, 0.25) is 0 Å². The van der Waals surface area contributed by atoms with E-state index in [-0.39, 0.29) is 5.41 Å². The molecule has 1 aliphatic rings. The number of aryl methyl sites for hydroxylation is 1. The molecule has 4 rings (SSSR count). The van der Waals surface area contributed by atoms with Gasteiger partial charge in [-0.1, -0.05) is 57.5 Å². The molecular weight excluding hydrogens is 328 g/mol. The molecule has 138 valence electrons. The Bertz CT molecular complexity index is 1010. The highest BCUT2D eigenvalue weighted by atomic mass is 15.2. The maximum atomic E-state index is 2.54. The summed E-state index contributed by atoms with van der Waals surface area (Å²) in [6, 6.07) is 21.9. The van der Waals surface area contributed by atoms with Gasteiger partial charge in [0, 0.05) is 46.9 Å². The number of benzene rings is 2. The molecule has 0 N–H and O–H groups in total. The van der Waals surface area contributed by atoms with Crippen LogP contribution in [-0.4, -0.2) is 6.54 Å². The van der Waals surface area contributed by atoms with Crippen LogP contribution in [0.1, 0.15) is 44.9 Å². The number of aromatic nitrogens is 1. The first kappa shape index (κ1) is 17.8. The molecule has 27 heavy (non-hydrogen) atoms. The highest BCUT2D eigenvalue weighted by Crippen LogP contribution is 2.48. The molecule has 3 aromatic rings. The molecule has 0 saturated heterocycles. The SMILES string of the molecule is CCCCN1/C(=C/c2ccc3ccccc3[n+]2C)C(C)(C)c2ccccc21. The van der Waals surface area contributed by atoms with Crippen LogP contribution in [0.4, 0.5) is 5.69 Å². The van der Waals surface area contributed by atoms with E-state index in [0.29, 0.717) is 0 Å². The largest absolute Gasteiger partial charge is 0.344 e. The van der Waals surface area contributed by atoms with E-state index in [9.17, 15) is 0 Å². The zero-order valence-electron chi connectivity index (χ0n) is 16.9. The van der Waals surface area contributed by atoms with Crippen LogP contribution >= 0.6 is 0 Å². The lowest BCUT2D eigenvalue weighted by molar-refractivity contribution is -0.646. The molecule has 0 fully saturated rings. The van der Waals surface area contributed by atoms with Crippen LogP contribution in [0.15, 0.2) is 66.4 Å². The molecule has 1 aliphatic heterocycles. The van der Waals surface area contributed by atoms with Gasteiger partial charge in [-0.15, -0.1) is 0 Å². The molecule has 0 unspecified atom stereocenters. The Hall–Kier alpha value is -2.61. The Kier molecular flexibility index (Phi) is 4.51. The van der Waals surface area contributed by atoms with Gasteiger partial charge in [-0.25, -0.2) is 0 Å². The normalized spacial score (nSPS) is 16.9. The molecule has 0 spiro atoms. The van der Waals surface area contributed by atoms with E-state index < -0.39 is 0 Å². The first-order chi connectivity index (χ1) is 13.0. The highest BCUT2D eigenvalue weighted by molar-refractivity contribution is 5.78. The number of rotatable bonds is 4. The zero-order chi connectivity index (χ0) is 19.0. The van der Waals surface area contributed by atoms with Gasteiger partial charge in [0.2, 0.25) is 11.2 Å². The Labute approximate surface area is 162 Å². The topological polar surface area (TPSA) is 7.12 Å². The van der Waals surface area contributed by atoms with Crippen LogP contribution in [0.5, 0.6) is 0 Å². The van der Waals surface area contributed by atoms with Crippen LogP contribution in [-0.2, 0) is 12.5 Å². The minimum absolute atomic E-state index is 0.00296. The number of allylic oxidation sites excluding steroid dienone is 1. The van der Waals surface area contributed by atoms with Gasteiger partial charge >= 0.3 is 0 Å². The van der Waals surface area contributed by atoms with Crippen molar-refractivity contribution in [3.63, 3.8) is 0 Å². The van der Waals surface area contributed by atoms with E-state index in [4.69, 9.17) is 0 Å². The van der Waals surface area contributed by atoms with Crippen LogP contribution in [0.3, 0.4) is 0 Å². The number of anilines is 1. The number of fused-ring (bicyclic) bond motifs is 2. The summed E-state index contributed by atoms with van der Waals surface area (Å²) >= 11 is 0. The average Bonchev–Trinajstić information content (AvgIpc) is 2.89. The third-order valence-electron chi connectivity index (χ3n) is 5.94. The second-order valence-corrected chi connectivity index (χ2v) is 8.05. The van der Waals surface area contributed by atoms with Crippen molar-refractivity contribution >= 4 is 22.7 Å². The van der Waals surface area contributed by atoms with Gasteiger partial charge in [0.05, 0.1) is 0 Å². The number of hydrogen-bond acceptors (Lipinski definition) is 1. The fourth-order valence-corrected chi connectivity index (χ4v) is 4.30. The quantitative estimate of drug-likeness (QED) is 0.551. The van der Waals surface area contributed by atoms with Crippen LogP contribution in [0.25, 0.3) is 17.0 Å². The van der Waals surface area contributed by atoms with E-state index >= 15 is 0 Å². The summed E-state index contributed by atoms with van der Waals surface area (Å²) in [4.78, 5) is 2.54. The van der Waals surface area contributed by atoms with Gasteiger partial charge in [0.1, 0.15) is 7.05 Å². The first-order valence-electron chi connectivity index (χ1n) is 10.0. The molecule has 0 saturated carbocycles. The molecule has 2 nitrogen and oxygen atoms in total. The molecule has 0 amide bonds. The minimum Gasteiger partial charge on any atom is -0.344 e. The average molecular weight is 358 g/mol. The van der Waals surface area contributed by atoms with Gasteiger partial charge in [-0.3, -0.25) is 0 Å². The second kappa shape index (κ2) is 6.84. The molecule has 1 aromatic heterocycles. The molecule has 0 atom stereocenters. The van der Waals surface area contributed by atoms with Crippen LogP contribution < -0.4 is 9.47 Å². The summed E-state index contributed by atoms with van der Waals surface area (Å²) in [5, 5.41) is 1.28. The van der Waals surface area contributed by atoms with Crippen LogP contribution in [0, 0.1) is 0 Å². The van der Waals surface area contributed by atoms with E-state index in [1.165, 1.54) is 46.4 Å². The number of unbranched alkanes of at least 4 members (excludes halogenated alkanes) is 1. The molecule has 0 aliphatic carbocycles. The fraction of sp³-hybridized carbons (Fsp3) is 0.320. The Morgan fingerprint density at radius 2 is 1.70 bits per heavy atom. The maximum Gasteiger partial charge on any atom is 0.212 e. The third kappa shape index (κ3) is 2.93. The lowest BCUT2D eigenvalue weighted by Gasteiger charge is -2.27. The Balaban J connectivity index is 1.87. The molecule has 2 heterocycles. The van der Waals surface area contributed by atoms with Gasteiger partial charge in [0.25, 0.3) is 0 Å². The van der Waals surface area contributed by atoms with Crippen molar-refractivity contribution in [2.45, 2.75) is 39.0 Å². The monoisotopic (exact) mass is 357 g/mol. The van der Waals surface area contributed by atoms with Crippen molar-refractivity contribution in [1.82, 2.24) is 0 Å². The smallest absolute Gasteiger partial charge is 0.212 e. The zero-order valence-corrected chi connectivity index (χ0v) is 16.9. The fourth-order valence-electron chi connectivity index (χ4n) is 4.30. The molecule has 0 bridgehead atoms. The number of pyridine rings is 1. The summed E-state index contributed by atoms with van der Waals surface area (Å²) in [7, 11) is 2.17. The lowest BCUT2D eigenvalue weighted by atomic mass is 9.83. The van der Waals surface area contributed by atoms with Crippen molar-refractivity contribution in [3.05, 3.63) is 77.6 Å². The molecular formula is C25H29N2+. The van der Waals surface area contributed by atoms with E-state index in [1.807, 2.05) is 0 Å². The van der Waals surface area contributed by atoms with Crippen molar-refractivity contribution in [1.29, 1.82) is 0 Å². The van der Waals surface area contributed by atoms with E-state index in [2.05, 4.69) is 104 Å². The summed E-state index contributed by atoms with van der Waals surface area (Å²) in [5.41, 5.74) is 6.69. The Morgan fingerprint density at radius 3 is 2.52 bits per heavy atom. The van der Waals surface area contributed by atoms with E-state index in [0.717, 1.165) is 6.54 Å². The summed E-state index contributed by atoms with van der Waals surface area (Å²) in [6.07, 6.45) is 4.80.